The van der Waals surface area contributed by atoms with Crippen molar-refractivity contribution in [1.29, 1.82) is 0 Å². The summed E-state index contributed by atoms with van der Waals surface area (Å²) in [5.41, 5.74) is 3.79. The molecule has 0 saturated heterocycles. The summed E-state index contributed by atoms with van der Waals surface area (Å²) in [7, 11) is 0. The van der Waals surface area contributed by atoms with Crippen LogP contribution in [0.4, 0.5) is 4.39 Å². The van der Waals surface area contributed by atoms with Gasteiger partial charge in [-0.2, -0.15) is 0 Å². The summed E-state index contributed by atoms with van der Waals surface area (Å²) >= 11 is 0. The van der Waals surface area contributed by atoms with Crippen LogP contribution in [0.2, 0.25) is 0 Å². The van der Waals surface area contributed by atoms with E-state index >= 15 is 0 Å². The van der Waals surface area contributed by atoms with Gasteiger partial charge in [-0.3, -0.25) is 4.79 Å². The maximum atomic E-state index is 13.7. The number of phenols is 2. The summed E-state index contributed by atoms with van der Waals surface area (Å²) in [6, 6.07) is 9.65. The Balaban J connectivity index is 1.77. The standard InChI is InChI=1S/C23H25FN2O3/c1-13(2)23(29)25-16-6-7-19-17(9-16)18-10-21(27)22(28)11-20(18)26(19)12-14-4-3-5-15(24)8-14/h3-5,8,10-11,13,16,27-28H,6-7,9,12H2,1-2H3,(H,25,29). The molecule has 2 aromatic carbocycles. The predicted molar refractivity (Wildman–Crippen MR) is 110 cm³/mol. The van der Waals surface area contributed by atoms with Crippen molar-refractivity contribution >= 4 is 16.8 Å². The Morgan fingerprint density at radius 2 is 2.00 bits per heavy atom. The monoisotopic (exact) mass is 396 g/mol. The third kappa shape index (κ3) is 3.67. The van der Waals surface area contributed by atoms with Crippen molar-refractivity contribution in [2.45, 2.75) is 45.7 Å². The number of hydrogen-bond acceptors (Lipinski definition) is 3. The van der Waals surface area contributed by atoms with Gasteiger partial charge in [-0.05, 0) is 48.6 Å². The molecule has 0 spiro atoms. The van der Waals surface area contributed by atoms with Crippen LogP contribution in [0.1, 0.15) is 37.1 Å². The summed E-state index contributed by atoms with van der Waals surface area (Å²) < 4.78 is 15.8. The van der Waals surface area contributed by atoms with E-state index in [9.17, 15) is 19.4 Å². The van der Waals surface area contributed by atoms with Crippen LogP contribution in [0.25, 0.3) is 10.9 Å². The number of aromatic nitrogens is 1. The maximum Gasteiger partial charge on any atom is 0.222 e. The Morgan fingerprint density at radius 1 is 1.24 bits per heavy atom. The van der Waals surface area contributed by atoms with Gasteiger partial charge >= 0.3 is 0 Å². The molecule has 3 N–H and O–H groups in total. The topological polar surface area (TPSA) is 74.5 Å². The number of nitrogens with one attached hydrogen (secondary N) is 1. The van der Waals surface area contributed by atoms with Crippen LogP contribution in [0, 0.1) is 11.7 Å². The van der Waals surface area contributed by atoms with Gasteiger partial charge in [0.2, 0.25) is 5.91 Å². The third-order valence-electron chi connectivity index (χ3n) is 5.66. The second kappa shape index (κ2) is 7.43. The molecule has 6 heteroatoms. The van der Waals surface area contributed by atoms with Gasteiger partial charge in [0, 0.05) is 35.7 Å². The predicted octanol–water partition coefficient (Wildman–Crippen LogP) is 3.87. The number of nitrogens with zero attached hydrogens (tertiary/aromatic N) is 1. The van der Waals surface area contributed by atoms with E-state index in [1.807, 2.05) is 19.9 Å². The zero-order chi connectivity index (χ0) is 20.7. The van der Waals surface area contributed by atoms with E-state index in [-0.39, 0.29) is 35.2 Å². The minimum absolute atomic E-state index is 0.0292. The van der Waals surface area contributed by atoms with Crippen LogP contribution in [-0.2, 0) is 24.2 Å². The molecule has 5 nitrogen and oxygen atoms in total. The molecule has 1 unspecified atom stereocenters. The fourth-order valence-electron chi connectivity index (χ4n) is 4.16. The van der Waals surface area contributed by atoms with E-state index in [0.29, 0.717) is 13.0 Å². The molecule has 0 fully saturated rings. The fraction of sp³-hybridized carbons (Fsp3) is 0.348. The Morgan fingerprint density at radius 3 is 2.72 bits per heavy atom. The first-order valence-electron chi connectivity index (χ1n) is 9.94. The molecule has 1 aliphatic carbocycles. The normalized spacial score (nSPS) is 16.2. The SMILES string of the molecule is CC(C)C(=O)NC1CCc2c(c3cc(O)c(O)cc3n2Cc2cccc(F)c2)C1. The van der Waals surface area contributed by atoms with Crippen molar-refractivity contribution < 1.29 is 19.4 Å². The lowest BCUT2D eigenvalue weighted by Crippen LogP contribution is -2.41. The first kappa shape index (κ1) is 19.3. The Hall–Kier alpha value is -3.02. The molecule has 1 amide bonds. The van der Waals surface area contributed by atoms with Gasteiger partial charge in [0.05, 0.1) is 5.52 Å². The van der Waals surface area contributed by atoms with Gasteiger partial charge in [-0.25, -0.2) is 4.39 Å². The molecule has 1 aliphatic rings. The molecule has 3 aromatic rings. The average molecular weight is 396 g/mol. The molecule has 29 heavy (non-hydrogen) atoms. The van der Waals surface area contributed by atoms with E-state index in [0.717, 1.165) is 40.6 Å². The molecular formula is C23H25FN2O3. The summed E-state index contributed by atoms with van der Waals surface area (Å²) in [4.78, 5) is 12.1. The Bertz CT molecular complexity index is 1090. The number of amides is 1. The molecule has 0 saturated carbocycles. The van der Waals surface area contributed by atoms with Crippen LogP contribution < -0.4 is 5.32 Å². The zero-order valence-corrected chi connectivity index (χ0v) is 16.6. The molecule has 152 valence electrons. The van der Waals surface area contributed by atoms with Crippen molar-refractivity contribution in [3.63, 3.8) is 0 Å². The number of hydrogen-bond donors (Lipinski definition) is 3. The van der Waals surface area contributed by atoms with Gasteiger partial charge < -0.3 is 20.1 Å². The number of halogens is 1. The Kier molecular flexibility index (Phi) is 4.94. The largest absolute Gasteiger partial charge is 0.504 e. The number of aromatic hydroxyl groups is 2. The highest BCUT2D eigenvalue weighted by molar-refractivity contribution is 5.89. The van der Waals surface area contributed by atoms with E-state index in [1.54, 1.807) is 18.2 Å². The Labute approximate surface area is 168 Å². The first-order chi connectivity index (χ1) is 13.8. The number of phenolic OH excluding ortho intramolecular Hbond substituents is 2. The zero-order valence-electron chi connectivity index (χ0n) is 16.6. The van der Waals surface area contributed by atoms with Crippen molar-refractivity contribution in [3.05, 3.63) is 59.0 Å². The lowest BCUT2D eigenvalue weighted by atomic mass is 9.91. The van der Waals surface area contributed by atoms with E-state index in [2.05, 4.69) is 9.88 Å². The molecule has 1 heterocycles. The highest BCUT2D eigenvalue weighted by Crippen LogP contribution is 2.38. The average Bonchev–Trinajstić information content (AvgIpc) is 2.95. The number of carbonyl (C=O) groups is 1. The molecule has 0 radical (unpaired) electrons. The molecule has 0 bridgehead atoms. The van der Waals surface area contributed by atoms with Gasteiger partial charge in [-0.15, -0.1) is 0 Å². The van der Waals surface area contributed by atoms with Crippen molar-refractivity contribution in [2.24, 2.45) is 5.92 Å². The minimum Gasteiger partial charge on any atom is -0.504 e. The number of fused-ring (bicyclic) bond motifs is 3. The quantitative estimate of drug-likeness (QED) is 0.586. The van der Waals surface area contributed by atoms with Gasteiger partial charge in [0.1, 0.15) is 5.82 Å². The summed E-state index contributed by atoms with van der Waals surface area (Å²) in [5, 5.41) is 24.1. The van der Waals surface area contributed by atoms with E-state index in [4.69, 9.17) is 0 Å². The van der Waals surface area contributed by atoms with E-state index < -0.39 is 0 Å². The molecular weight excluding hydrogens is 371 g/mol. The first-order valence-corrected chi connectivity index (χ1v) is 9.94. The van der Waals surface area contributed by atoms with Crippen molar-refractivity contribution in [3.8, 4) is 11.5 Å². The summed E-state index contributed by atoms with van der Waals surface area (Å²) in [6.07, 6.45) is 2.22. The van der Waals surface area contributed by atoms with E-state index in [1.165, 1.54) is 12.1 Å². The second-order valence-electron chi connectivity index (χ2n) is 8.10. The molecule has 1 aromatic heterocycles. The smallest absolute Gasteiger partial charge is 0.222 e. The molecule has 0 aliphatic heterocycles. The maximum absolute atomic E-state index is 13.7. The number of carbonyl (C=O) groups excluding carboxylic acids is 1. The minimum atomic E-state index is -0.287. The summed E-state index contributed by atoms with van der Waals surface area (Å²) in [5.74, 6) is -0.687. The number of benzene rings is 2. The lowest BCUT2D eigenvalue weighted by molar-refractivity contribution is -0.124. The third-order valence-corrected chi connectivity index (χ3v) is 5.66. The molecule has 1 atom stereocenters. The summed E-state index contributed by atoms with van der Waals surface area (Å²) in [6.45, 7) is 4.21. The van der Waals surface area contributed by atoms with Gasteiger partial charge in [0.25, 0.3) is 0 Å². The highest BCUT2D eigenvalue weighted by atomic mass is 19.1. The van der Waals surface area contributed by atoms with Crippen LogP contribution in [0.3, 0.4) is 0 Å². The van der Waals surface area contributed by atoms with Gasteiger partial charge in [-0.1, -0.05) is 26.0 Å². The van der Waals surface area contributed by atoms with Crippen LogP contribution in [0.5, 0.6) is 11.5 Å². The van der Waals surface area contributed by atoms with Crippen molar-refractivity contribution in [1.82, 2.24) is 9.88 Å². The van der Waals surface area contributed by atoms with Gasteiger partial charge in [0.15, 0.2) is 11.5 Å². The fourth-order valence-corrected chi connectivity index (χ4v) is 4.16. The lowest BCUT2D eigenvalue weighted by Gasteiger charge is -2.26. The highest BCUT2D eigenvalue weighted by Gasteiger charge is 2.27. The van der Waals surface area contributed by atoms with Crippen LogP contribution in [0.15, 0.2) is 36.4 Å². The van der Waals surface area contributed by atoms with Crippen LogP contribution in [-0.4, -0.2) is 26.7 Å². The molecule has 4 rings (SSSR count). The second-order valence-corrected chi connectivity index (χ2v) is 8.10. The van der Waals surface area contributed by atoms with Crippen LogP contribution >= 0.6 is 0 Å². The van der Waals surface area contributed by atoms with Crippen molar-refractivity contribution in [2.75, 3.05) is 0 Å². The number of rotatable bonds is 4.